The van der Waals surface area contributed by atoms with Gasteiger partial charge in [0.25, 0.3) is 0 Å². The zero-order valence-electron chi connectivity index (χ0n) is 4.55. The van der Waals surface area contributed by atoms with Crippen LogP contribution in [0.3, 0.4) is 0 Å². The lowest BCUT2D eigenvalue weighted by atomic mass is 10.7. The molecule has 1 aromatic rings. The number of rotatable bonds is 2. The Hall–Kier alpha value is -0.0200. The second-order valence-corrected chi connectivity index (χ2v) is 3.72. The van der Waals surface area contributed by atoms with Crippen LogP contribution < -0.4 is 0 Å². The number of aromatic amines is 1. The van der Waals surface area contributed by atoms with E-state index in [0.717, 1.165) is 0 Å². The summed E-state index contributed by atoms with van der Waals surface area (Å²) in [6, 6.07) is 4.06. The first-order valence-electron chi connectivity index (χ1n) is 2.27. The van der Waals surface area contributed by atoms with E-state index in [4.69, 9.17) is 0 Å². The Morgan fingerprint density at radius 3 is 3.00 bits per heavy atom. The van der Waals surface area contributed by atoms with Crippen LogP contribution in [0.25, 0.3) is 0 Å². The minimum absolute atomic E-state index is 1.22. The summed E-state index contributed by atoms with van der Waals surface area (Å²) in [5, 5.41) is 1.22. The van der Waals surface area contributed by atoms with Gasteiger partial charge < -0.3 is 4.98 Å². The molecule has 3 heteroatoms. The summed E-state index contributed by atoms with van der Waals surface area (Å²) in [5.41, 5.74) is 0. The Bertz CT molecular complexity index is 136. The van der Waals surface area contributed by atoms with Crippen molar-refractivity contribution in [3.05, 3.63) is 18.3 Å². The topological polar surface area (TPSA) is 15.8 Å². The fourth-order valence-electron chi connectivity index (χ4n) is 0.455. The summed E-state index contributed by atoms with van der Waals surface area (Å²) in [4.78, 5) is 3.08. The lowest BCUT2D eigenvalue weighted by molar-refractivity contribution is 1.21. The van der Waals surface area contributed by atoms with Crippen molar-refractivity contribution < 1.29 is 0 Å². The molecule has 0 aliphatic carbocycles. The predicted octanol–water partition coefficient (Wildman–Crippen LogP) is 2.38. The van der Waals surface area contributed by atoms with Crippen LogP contribution in [0.1, 0.15) is 0 Å². The van der Waals surface area contributed by atoms with Gasteiger partial charge in [0.15, 0.2) is 0 Å². The highest BCUT2D eigenvalue weighted by Crippen LogP contribution is 2.25. The zero-order chi connectivity index (χ0) is 5.82. The van der Waals surface area contributed by atoms with Gasteiger partial charge >= 0.3 is 0 Å². The van der Waals surface area contributed by atoms with Crippen LogP contribution >= 0.6 is 21.6 Å². The van der Waals surface area contributed by atoms with Crippen molar-refractivity contribution in [2.45, 2.75) is 5.03 Å². The van der Waals surface area contributed by atoms with E-state index in [-0.39, 0.29) is 0 Å². The Balaban J connectivity index is 2.50. The third kappa shape index (κ3) is 1.49. The van der Waals surface area contributed by atoms with E-state index in [9.17, 15) is 0 Å². The summed E-state index contributed by atoms with van der Waals surface area (Å²) in [5.74, 6) is 0. The van der Waals surface area contributed by atoms with Crippen molar-refractivity contribution >= 4 is 21.6 Å². The highest BCUT2D eigenvalue weighted by atomic mass is 33.1. The van der Waals surface area contributed by atoms with Gasteiger partial charge in [-0.3, -0.25) is 0 Å². The van der Waals surface area contributed by atoms with Gasteiger partial charge in [-0.15, -0.1) is 0 Å². The maximum absolute atomic E-state index is 3.08. The smallest absolute Gasteiger partial charge is 0.0829 e. The van der Waals surface area contributed by atoms with Crippen molar-refractivity contribution in [2.75, 3.05) is 6.26 Å². The molecule has 0 radical (unpaired) electrons. The number of nitrogens with one attached hydrogen (secondary N) is 1. The van der Waals surface area contributed by atoms with Gasteiger partial charge in [0.1, 0.15) is 0 Å². The second kappa shape index (κ2) is 3.10. The fourth-order valence-corrected chi connectivity index (χ4v) is 1.73. The second-order valence-electron chi connectivity index (χ2n) is 1.28. The molecule has 1 nitrogen and oxygen atoms in total. The molecule has 1 aromatic heterocycles. The Kier molecular flexibility index (Phi) is 2.36. The predicted molar refractivity (Wildman–Crippen MR) is 40.2 cm³/mol. The molecule has 1 N–H and O–H groups in total. The first-order chi connectivity index (χ1) is 3.93. The maximum Gasteiger partial charge on any atom is 0.0829 e. The number of hydrogen-bond donors (Lipinski definition) is 1. The van der Waals surface area contributed by atoms with Crippen molar-refractivity contribution in [3.8, 4) is 0 Å². The van der Waals surface area contributed by atoms with Crippen LogP contribution in [0.15, 0.2) is 23.4 Å². The quantitative estimate of drug-likeness (QED) is 0.643. The van der Waals surface area contributed by atoms with E-state index in [1.165, 1.54) is 5.03 Å². The van der Waals surface area contributed by atoms with Crippen LogP contribution in [0.4, 0.5) is 0 Å². The first kappa shape index (κ1) is 6.11. The molecule has 0 saturated heterocycles. The molecule has 0 aliphatic rings. The Morgan fingerprint density at radius 2 is 2.50 bits per heavy atom. The lowest BCUT2D eigenvalue weighted by Gasteiger charge is -1.86. The lowest BCUT2D eigenvalue weighted by Crippen LogP contribution is -1.59. The zero-order valence-corrected chi connectivity index (χ0v) is 6.18. The fraction of sp³-hybridized carbons (Fsp3) is 0.200. The van der Waals surface area contributed by atoms with Crippen LogP contribution in [-0.4, -0.2) is 11.2 Å². The van der Waals surface area contributed by atoms with E-state index < -0.39 is 0 Å². The molecule has 1 heterocycles. The van der Waals surface area contributed by atoms with Crippen molar-refractivity contribution in [2.24, 2.45) is 0 Å². The molecule has 0 aliphatic heterocycles. The summed E-state index contributed by atoms with van der Waals surface area (Å²) >= 11 is 0. The maximum atomic E-state index is 3.08. The molecule has 44 valence electrons. The van der Waals surface area contributed by atoms with Crippen LogP contribution in [0, 0.1) is 0 Å². The molecule has 8 heavy (non-hydrogen) atoms. The van der Waals surface area contributed by atoms with Crippen molar-refractivity contribution in [3.63, 3.8) is 0 Å². The van der Waals surface area contributed by atoms with Gasteiger partial charge in [-0.2, -0.15) is 0 Å². The van der Waals surface area contributed by atoms with Gasteiger partial charge in [-0.05, 0) is 29.2 Å². The number of aromatic nitrogens is 1. The van der Waals surface area contributed by atoms with Gasteiger partial charge in [0.05, 0.1) is 5.03 Å². The molecule has 0 bridgehead atoms. The van der Waals surface area contributed by atoms with Crippen LogP contribution in [0.2, 0.25) is 0 Å². The first-order valence-corrected chi connectivity index (χ1v) is 4.83. The van der Waals surface area contributed by atoms with E-state index in [0.29, 0.717) is 0 Å². The Labute approximate surface area is 56.7 Å². The van der Waals surface area contributed by atoms with Gasteiger partial charge in [-0.25, -0.2) is 0 Å². The number of H-pyrrole nitrogens is 1. The van der Waals surface area contributed by atoms with E-state index in [2.05, 4.69) is 17.3 Å². The highest BCUT2D eigenvalue weighted by molar-refractivity contribution is 8.76. The normalized spacial score (nSPS) is 9.62. The molecule has 0 unspecified atom stereocenters. The molecule has 0 amide bonds. The van der Waals surface area contributed by atoms with Gasteiger partial charge in [0.2, 0.25) is 0 Å². The third-order valence-electron chi connectivity index (χ3n) is 0.743. The molecule has 0 aromatic carbocycles. The van der Waals surface area contributed by atoms with Gasteiger partial charge in [0, 0.05) is 6.20 Å². The molecule has 0 fully saturated rings. The molecule has 0 atom stereocenters. The number of hydrogen-bond acceptors (Lipinski definition) is 2. The monoisotopic (exact) mass is 145 g/mol. The molecule has 1 rings (SSSR count). The van der Waals surface area contributed by atoms with Crippen LogP contribution in [0.5, 0.6) is 0 Å². The summed E-state index contributed by atoms with van der Waals surface area (Å²) < 4.78 is 0. The van der Waals surface area contributed by atoms with Crippen molar-refractivity contribution in [1.29, 1.82) is 0 Å². The van der Waals surface area contributed by atoms with E-state index in [1.807, 2.05) is 12.3 Å². The average Bonchev–Trinajstić information content (AvgIpc) is 2.19. The minimum Gasteiger partial charge on any atom is -0.356 e. The molecule has 0 spiro atoms. The molecular weight excluding hydrogens is 138 g/mol. The van der Waals surface area contributed by atoms with E-state index >= 15 is 0 Å². The molecule has 0 saturated carbocycles. The molecular formula is C5H7NS2. The summed E-state index contributed by atoms with van der Waals surface area (Å²) in [6.45, 7) is 0. The standard InChI is InChI=1S/C5H7NS2/c1-7-8-5-3-2-4-6-5/h2-4,6H,1H3. The largest absolute Gasteiger partial charge is 0.356 e. The summed E-state index contributed by atoms with van der Waals surface area (Å²) in [6.07, 6.45) is 3.99. The Morgan fingerprint density at radius 1 is 1.62 bits per heavy atom. The van der Waals surface area contributed by atoms with E-state index in [1.54, 1.807) is 21.6 Å². The van der Waals surface area contributed by atoms with Crippen molar-refractivity contribution in [1.82, 2.24) is 4.98 Å². The summed E-state index contributed by atoms with van der Waals surface area (Å²) in [7, 11) is 3.49. The van der Waals surface area contributed by atoms with Crippen LogP contribution in [-0.2, 0) is 0 Å². The third-order valence-corrected chi connectivity index (χ3v) is 2.38. The average molecular weight is 145 g/mol. The SMILES string of the molecule is CSSc1ccc[nH]1. The minimum atomic E-state index is 1.22. The highest BCUT2D eigenvalue weighted by Gasteiger charge is 1.87. The van der Waals surface area contributed by atoms with Gasteiger partial charge in [-0.1, -0.05) is 10.8 Å².